The summed E-state index contributed by atoms with van der Waals surface area (Å²) in [5, 5.41) is 11.0. The summed E-state index contributed by atoms with van der Waals surface area (Å²) < 4.78 is 17.5. The van der Waals surface area contributed by atoms with Gasteiger partial charge in [-0.1, -0.05) is 11.3 Å². The van der Waals surface area contributed by atoms with E-state index in [1.165, 1.54) is 16.8 Å². The Morgan fingerprint density at radius 3 is 2.69 bits per heavy atom. The number of rotatable bonds is 5. The third-order valence-corrected chi connectivity index (χ3v) is 9.37. The largest absolute Gasteiger partial charge is 0.296 e. The molecule has 0 bridgehead atoms. The first-order valence-electron chi connectivity index (χ1n) is 15.0. The van der Waals surface area contributed by atoms with Crippen molar-refractivity contribution in [1.82, 2.24) is 34.8 Å². The molecular formula is C34H33FN8OS. The lowest BCUT2D eigenvalue weighted by Crippen LogP contribution is -2.55. The number of halogens is 1. The number of anilines is 1. The molecule has 1 amide bonds. The average Bonchev–Trinajstić information content (AvgIpc) is 3.67. The Morgan fingerprint density at radius 2 is 1.91 bits per heavy atom. The van der Waals surface area contributed by atoms with Gasteiger partial charge < -0.3 is 0 Å². The first-order valence-corrected chi connectivity index (χ1v) is 15.9. The van der Waals surface area contributed by atoms with Crippen LogP contribution in [0.15, 0.2) is 73.2 Å². The molecular weight excluding hydrogens is 587 g/mol. The van der Waals surface area contributed by atoms with E-state index in [1.807, 2.05) is 31.3 Å². The summed E-state index contributed by atoms with van der Waals surface area (Å²) in [4.78, 5) is 33.4. The van der Waals surface area contributed by atoms with E-state index in [9.17, 15) is 4.79 Å². The monoisotopic (exact) mass is 620 g/mol. The van der Waals surface area contributed by atoms with E-state index < -0.39 is 11.7 Å². The van der Waals surface area contributed by atoms with E-state index in [0.717, 1.165) is 45.6 Å². The fourth-order valence-corrected chi connectivity index (χ4v) is 6.82. The summed E-state index contributed by atoms with van der Waals surface area (Å²) in [7, 11) is 0. The summed E-state index contributed by atoms with van der Waals surface area (Å²) in [5.41, 5.74) is 2.43. The molecule has 9 nitrogen and oxygen atoms in total. The molecule has 0 saturated carbocycles. The number of pyridine rings is 2. The topological polar surface area (TPSA) is 92.9 Å². The van der Waals surface area contributed by atoms with Gasteiger partial charge in [0.2, 0.25) is 0 Å². The van der Waals surface area contributed by atoms with E-state index >= 15 is 4.39 Å². The molecule has 6 aromatic rings. The second-order valence-corrected chi connectivity index (χ2v) is 13.7. The number of benzene rings is 2. The van der Waals surface area contributed by atoms with Crippen LogP contribution >= 0.6 is 11.3 Å². The van der Waals surface area contributed by atoms with Gasteiger partial charge in [0.15, 0.2) is 5.65 Å². The molecule has 1 atom stereocenters. The van der Waals surface area contributed by atoms with Crippen LogP contribution in [0.2, 0.25) is 0 Å². The molecule has 4 aromatic heterocycles. The quantitative estimate of drug-likeness (QED) is 0.208. The molecule has 0 aliphatic carbocycles. The van der Waals surface area contributed by atoms with Gasteiger partial charge in [0.05, 0.1) is 17.3 Å². The molecule has 7 rings (SSSR count). The van der Waals surface area contributed by atoms with E-state index in [1.54, 1.807) is 46.8 Å². The number of aryl methyl sites for hydroxylation is 1. The Kier molecular flexibility index (Phi) is 7.37. The van der Waals surface area contributed by atoms with Crippen LogP contribution in [0.1, 0.15) is 48.8 Å². The molecule has 11 heteroatoms. The van der Waals surface area contributed by atoms with Gasteiger partial charge in [-0.2, -0.15) is 4.68 Å². The number of likely N-dealkylation sites (tertiary alicyclic amines) is 1. The number of nitrogens with zero attached hydrogens (tertiary/aromatic N) is 8. The zero-order valence-electron chi connectivity index (χ0n) is 25.6. The van der Waals surface area contributed by atoms with Gasteiger partial charge in [0.25, 0.3) is 5.91 Å². The molecule has 1 fully saturated rings. The number of hydrogen-bond donors (Lipinski definition) is 0. The number of fused-ring (bicyclic) bond motifs is 2. The lowest BCUT2D eigenvalue weighted by atomic mass is 9.96. The molecule has 45 heavy (non-hydrogen) atoms. The second kappa shape index (κ2) is 11.4. The predicted octanol–water partition coefficient (Wildman–Crippen LogP) is 6.84. The number of piperidine rings is 1. The minimum atomic E-state index is -0.646. The van der Waals surface area contributed by atoms with Crippen molar-refractivity contribution in [2.24, 2.45) is 0 Å². The highest BCUT2D eigenvalue weighted by molar-refractivity contribution is 7.14. The molecule has 228 valence electrons. The zero-order chi connectivity index (χ0) is 31.3. The van der Waals surface area contributed by atoms with Crippen molar-refractivity contribution in [2.45, 2.75) is 52.1 Å². The molecule has 5 heterocycles. The molecule has 0 spiro atoms. The van der Waals surface area contributed by atoms with Gasteiger partial charge in [0.1, 0.15) is 22.2 Å². The summed E-state index contributed by atoms with van der Waals surface area (Å²) in [6.45, 7) is 10.2. The number of amides is 1. The number of thiazole rings is 1. The van der Waals surface area contributed by atoms with E-state index in [4.69, 9.17) is 4.98 Å². The fourth-order valence-electron chi connectivity index (χ4n) is 6.06. The Labute approximate surface area is 264 Å². The third kappa shape index (κ3) is 5.46. The second-order valence-electron chi connectivity index (χ2n) is 12.4. The van der Waals surface area contributed by atoms with Crippen molar-refractivity contribution in [2.75, 3.05) is 18.0 Å². The van der Waals surface area contributed by atoms with Crippen molar-refractivity contribution in [3.8, 4) is 16.3 Å². The number of carbonyl (C=O) groups excluding carboxylic acids is 1. The van der Waals surface area contributed by atoms with Crippen LogP contribution in [0.5, 0.6) is 0 Å². The van der Waals surface area contributed by atoms with Crippen molar-refractivity contribution >= 4 is 45.0 Å². The number of hydrogen-bond acceptors (Lipinski definition) is 8. The van der Waals surface area contributed by atoms with Crippen LogP contribution in [-0.2, 0) is 0 Å². The molecule has 0 radical (unpaired) electrons. The summed E-state index contributed by atoms with van der Waals surface area (Å²) >= 11 is 1.64. The minimum absolute atomic E-state index is 0.0299. The van der Waals surface area contributed by atoms with Crippen LogP contribution in [0.3, 0.4) is 0 Å². The summed E-state index contributed by atoms with van der Waals surface area (Å²) in [5.74, 6) is -0.552. The van der Waals surface area contributed by atoms with E-state index in [-0.39, 0.29) is 17.1 Å². The van der Waals surface area contributed by atoms with Gasteiger partial charge in [-0.05, 0) is 94.9 Å². The van der Waals surface area contributed by atoms with Crippen molar-refractivity contribution in [3.05, 3.63) is 89.4 Å². The van der Waals surface area contributed by atoms with Crippen LogP contribution in [0.25, 0.3) is 38.2 Å². The van der Waals surface area contributed by atoms with Crippen molar-refractivity contribution in [3.63, 3.8) is 0 Å². The Morgan fingerprint density at radius 1 is 1.04 bits per heavy atom. The van der Waals surface area contributed by atoms with Crippen LogP contribution in [-0.4, -0.2) is 65.4 Å². The Bertz CT molecular complexity index is 2050. The molecule has 1 saturated heterocycles. The number of carbonyl (C=O) groups is 1. The predicted molar refractivity (Wildman–Crippen MR) is 175 cm³/mol. The lowest BCUT2D eigenvalue weighted by molar-refractivity contribution is 0.0837. The normalized spacial score (nSPS) is 16.0. The highest BCUT2D eigenvalue weighted by atomic mass is 32.1. The Balaban J connectivity index is 1.31. The maximum absolute atomic E-state index is 16.0. The summed E-state index contributed by atoms with van der Waals surface area (Å²) in [6.07, 6.45) is 6.92. The van der Waals surface area contributed by atoms with Gasteiger partial charge in [-0.15, -0.1) is 16.4 Å². The van der Waals surface area contributed by atoms with Crippen molar-refractivity contribution in [1.29, 1.82) is 0 Å². The first-order chi connectivity index (χ1) is 21.7. The van der Waals surface area contributed by atoms with Gasteiger partial charge in [-0.3, -0.25) is 14.6 Å². The zero-order valence-corrected chi connectivity index (χ0v) is 26.4. The standard InChI is InChI=1S/C34H33FN8OS/c1-21-19-38-32(45-21)23-9-11-26-22(17-23)13-15-37-30(26)42(25-7-6-16-41(20-25)34(2,3)4)33(44)27-12-10-24(18-28(27)35)43-31-29(39-40-43)8-5-14-36-31/h5,8-15,17-19,25H,6-7,16,20H2,1-4H3/t25-/m1/s1. The van der Waals surface area contributed by atoms with Crippen LogP contribution in [0.4, 0.5) is 10.2 Å². The van der Waals surface area contributed by atoms with Gasteiger partial charge in [-0.25, -0.2) is 19.3 Å². The molecule has 0 unspecified atom stereocenters. The van der Waals surface area contributed by atoms with Crippen molar-refractivity contribution < 1.29 is 9.18 Å². The first kappa shape index (κ1) is 29.1. The maximum Gasteiger partial charge on any atom is 0.262 e. The average molecular weight is 621 g/mol. The highest BCUT2D eigenvalue weighted by Gasteiger charge is 2.36. The highest BCUT2D eigenvalue weighted by Crippen LogP contribution is 2.35. The SMILES string of the molecule is Cc1cnc(-c2ccc3c(N(C(=O)c4ccc(-n5nnc6cccnc65)cc4F)[C@@H]4CCCN(C(C)(C)C)C4)nccc3c2)s1. The molecule has 0 N–H and O–H groups in total. The Hall–Kier alpha value is -4.61. The minimum Gasteiger partial charge on any atom is -0.296 e. The lowest BCUT2D eigenvalue weighted by Gasteiger charge is -2.44. The summed E-state index contributed by atoms with van der Waals surface area (Å²) in [6, 6.07) is 15.9. The van der Waals surface area contributed by atoms with E-state index in [0.29, 0.717) is 29.2 Å². The van der Waals surface area contributed by atoms with Crippen LogP contribution in [0, 0.1) is 12.7 Å². The molecule has 2 aromatic carbocycles. The smallest absolute Gasteiger partial charge is 0.262 e. The van der Waals surface area contributed by atoms with Gasteiger partial charge >= 0.3 is 0 Å². The maximum atomic E-state index is 16.0. The van der Waals surface area contributed by atoms with E-state index in [2.05, 4.69) is 52.0 Å². The number of aromatic nitrogens is 6. The third-order valence-electron chi connectivity index (χ3n) is 8.41. The fraction of sp³-hybridized carbons (Fsp3) is 0.294. The molecule has 1 aliphatic heterocycles. The van der Waals surface area contributed by atoms with Crippen LogP contribution < -0.4 is 4.90 Å². The molecule has 1 aliphatic rings. The van der Waals surface area contributed by atoms with Gasteiger partial charge in [0, 0.05) is 52.6 Å².